The van der Waals surface area contributed by atoms with E-state index >= 15 is 0 Å². The molecular formula is C23H27FN2O2S. The number of amides is 2. The largest absolute Gasteiger partial charge is 0.354 e. The molecule has 0 aliphatic carbocycles. The van der Waals surface area contributed by atoms with Crippen LogP contribution in [0.2, 0.25) is 0 Å². The first kappa shape index (κ1) is 21.4. The third-order valence-electron chi connectivity index (χ3n) is 5.09. The van der Waals surface area contributed by atoms with E-state index in [1.165, 1.54) is 23.9 Å². The molecule has 2 unspecified atom stereocenters. The lowest BCUT2D eigenvalue weighted by Crippen LogP contribution is -2.48. The summed E-state index contributed by atoms with van der Waals surface area (Å²) in [6.45, 7) is 6.69. The van der Waals surface area contributed by atoms with Gasteiger partial charge >= 0.3 is 0 Å². The maximum absolute atomic E-state index is 13.5. The van der Waals surface area contributed by atoms with E-state index in [4.69, 9.17) is 0 Å². The Morgan fingerprint density at radius 1 is 1.17 bits per heavy atom. The summed E-state index contributed by atoms with van der Waals surface area (Å²) in [5, 5.41) is 2.65. The molecule has 2 amide bonds. The first-order valence-electron chi connectivity index (χ1n) is 9.91. The Labute approximate surface area is 175 Å². The van der Waals surface area contributed by atoms with Crippen LogP contribution in [-0.2, 0) is 4.79 Å². The third-order valence-corrected chi connectivity index (χ3v) is 6.41. The number of carbonyl (C=O) groups is 2. The van der Waals surface area contributed by atoms with Crippen molar-refractivity contribution in [1.29, 1.82) is 0 Å². The molecule has 0 saturated carbocycles. The number of hydrogen-bond acceptors (Lipinski definition) is 3. The summed E-state index contributed by atoms with van der Waals surface area (Å²) in [5.41, 5.74) is 2.27. The van der Waals surface area contributed by atoms with E-state index in [9.17, 15) is 14.0 Å². The van der Waals surface area contributed by atoms with E-state index in [-0.39, 0.29) is 23.0 Å². The highest BCUT2D eigenvalue weighted by Crippen LogP contribution is 2.42. The Bertz CT molecular complexity index is 869. The molecule has 1 saturated heterocycles. The number of carbonyl (C=O) groups excluding carboxylic acids is 2. The standard InChI is InChI=1S/C23H27FN2O2S/c1-15(2)12-13-25-21(27)20-14-29-23(17-8-10-18(24)11-9-17)26(20)22(28)19-7-5-4-6-16(19)3/h4-11,15,20,23H,12-14H2,1-3H3,(H,25,27). The smallest absolute Gasteiger partial charge is 0.256 e. The van der Waals surface area contributed by atoms with E-state index in [2.05, 4.69) is 19.2 Å². The van der Waals surface area contributed by atoms with Gasteiger partial charge in [-0.15, -0.1) is 11.8 Å². The van der Waals surface area contributed by atoms with Crippen molar-refractivity contribution in [3.05, 3.63) is 71.0 Å². The molecule has 2 aromatic carbocycles. The molecule has 1 heterocycles. The van der Waals surface area contributed by atoms with Gasteiger partial charge in [0, 0.05) is 17.9 Å². The van der Waals surface area contributed by atoms with E-state index in [1.807, 2.05) is 25.1 Å². The highest BCUT2D eigenvalue weighted by Gasteiger charge is 2.42. The van der Waals surface area contributed by atoms with E-state index in [0.29, 0.717) is 23.8 Å². The van der Waals surface area contributed by atoms with Crippen molar-refractivity contribution in [1.82, 2.24) is 10.2 Å². The molecule has 1 aliphatic rings. The zero-order valence-electron chi connectivity index (χ0n) is 17.0. The van der Waals surface area contributed by atoms with Crippen molar-refractivity contribution < 1.29 is 14.0 Å². The molecule has 1 N–H and O–H groups in total. The Kier molecular flexibility index (Phi) is 6.96. The predicted molar refractivity (Wildman–Crippen MR) is 115 cm³/mol. The van der Waals surface area contributed by atoms with Crippen LogP contribution in [0.1, 0.15) is 47.1 Å². The van der Waals surface area contributed by atoms with Crippen molar-refractivity contribution >= 4 is 23.6 Å². The summed E-state index contributed by atoms with van der Waals surface area (Å²) in [4.78, 5) is 28.0. The molecule has 0 bridgehead atoms. The minimum absolute atomic E-state index is 0.135. The van der Waals surface area contributed by atoms with Crippen LogP contribution in [0, 0.1) is 18.7 Å². The summed E-state index contributed by atoms with van der Waals surface area (Å²) >= 11 is 1.54. The number of aryl methyl sites for hydroxylation is 1. The van der Waals surface area contributed by atoms with Gasteiger partial charge < -0.3 is 10.2 Å². The first-order chi connectivity index (χ1) is 13.9. The van der Waals surface area contributed by atoms with Gasteiger partial charge in [0.05, 0.1) is 0 Å². The van der Waals surface area contributed by atoms with Crippen LogP contribution >= 0.6 is 11.8 Å². The highest BCUT2D eigenvalue weighted by atomic mass is 32.2. The zero-order valence-corrected chi connectivity index (χ0v) is 17.8. The van der Waals surface area contributed by atoms with Gasteiger partial charge in [0.15, 0.2) is 0 Å². The molecule has 29 heavy (non-hydrogen) atoms. The zero-order chi connectivity index (χ0) is 21.0. The summed E-state index contributed by atoms with van der Waals surface area (Å²) in [6, 6.07) is 13.0. The Morgan fingerprint density at radius 3 is 2.52 bits per heavy atom. The van der Waals surface area contributed by atoms with Gasteiger partial charge in [-0.3, -0.25) is 9.59 Å². The molecule has 1 aliphatic heterocycles. The molecule has 154 valence electrons. The van der Waals surface area contributed by atoms with Crippen molar-refractivity contribution in [2.75, 3.05) is 12.3 Å². The molecule has 0 radical (unpaired) electrons. The highest BCUT2D eigenvalue weighted by molar-refractivity contribution is 7.99. The van der Waals surface area contributed by atoms with Gasteiger partial charge in [-0.25, -0.2) is 4.39 Å². The molecule has 0 aromatic heterocycles. The Balaban J connectivity index is 1.89. The van der Waals surface area contributed by atoms with Crippen LogP contribution < -0.4 is 5.32 Å². The summed E-state index contributed by atoms with van der Waals surface area (Å²) < 4.78 is 13.4. The Morgan fingerprint density at radius 2 is 1.86 bits per heavy atom. The quantitative estimate of drug-likeness (QED) is 0.754. The second kappa shape index (κ2) is 9.44. The number of nitrogens with zero attached hydrogens (tertiary/aromatic N) is 1. The average molecular weight is 415 g/mol. The third kappa shape index (κ3) is 4.99. The molecule has 0 spiro atoms. The maximum Gasteiger partial charge on any atom is 0.256 e. The van der Waals surface area contributed by atoms with Crippen molar-refractivity contribution in [3.63, 3.8) is 0 Å². The van der Waals surface area contributed by atoms with Gasteiger partial charge in [-0.1, -0.05) is 44.2 Å². The number of halogens is 1. The lowest BCUT2D eigenvalue weighted by Gasteiger charge is -2.29. The van der Waals surface area contributed by atoms with Crippen LogP contribution in [0.25, 0.3) is 0 Å². The van der Waals surface area contributed by atoms with Gasteiger partial charge in [-0.05, 0) is 48.6 Å². The summed E-state index contributed by atoms with van der Waals surface area (Å²) in [7, 11) is 0. The molecule has 2 aromatic rings. The fourth-order valence-corrected chi connectivity index (χ4v) is 4.82. The lowest BCUT2D eigenvalue weighted by atomic mass is 10.1. The second-order valence-electron chi connectivity index (χ2n) is 7.75. The summed E-state index contributed by atoms with van der Waals surface area (Å²) in [5.74, 6) is 0.366. The van der Waals surface area contributed by atoms with E-state index in [0.717, 1.165) is 17.5 Å². The van der Waals surface area contributed by atoms with Gasteiger partial charge in [-0.2, -0.15) is 0 Å². The van der Waals surface area contributed by atoms with Gasteiger partial charge in [0.25, 0.3) is 5.91 Å². The van der Waals surface area contributed by atoms with Crippen molar-refractivity contribution in [2.24, 2.45) is 5.92 Å². The monoisotopic (exact) mass is 414 g/mol. The molecule has 3 rings (SSSR count). The first-order valence-corrected chi connectivity index (χ1v) is 11.0. The minimum atomic E-state index is -0.561. The SMILES string of the molecule is Cc1ccccc1C(=O)N1C(C(=O)NCCC(C)C)CSC1c1ccc(F)cc1. The van der Waals surface area contributed by atoms with E-state index in [1.54, 1.807) is 23.1 Å². The van der Waals surface area contributed by atoms with Gasteiger partial charge in [0.2, 0.25) is 5.91 Å². The van der Waals surface area contributed by atoms with Crippen LogP contribution in [-0.4, -0.2) is 35.1 Å². The van der Waals surface area contributed by atoms with Crippen molar-refractivity contribution in [2.45, 2.75) is 38.6 Å². The molecule has 4 nitrogen and oxygen atoms in total. The predicted octanol–water partition coefficient (Wildman–Crippen LogP) is 4.55. The molecular weight excluding hydrogens is 387 g/mol. The number of nitrogens with one attached hydrogen (secondary N) is 1. The van der Waals surface area contributed by atoms with Gasteiger partial charge in [0.1, 0.15) is 17.2 Å². The summed E-state index contributed by atoms with van der Waals surface area (Å²) in [6.07, 6.45) is 0.888. The molecule has 1 fully saturated rings. The van der Waals surface area contributed by atoms with Crippen LogP contribution in [0.4, 0.5) is 4.39 Å². The topological polar surface area (TPSA) is 49.4 Å². The average Bonchev–Trinajstić information content (AvgIpc) is 3.13. The lowest BCUT2D eigenvalue weighted by molar-refractivity contribution is -0.124. The number of thioether (sulfide) groups is 1. The number of hydrogen-bond donors (Lipinski definition) is 1. The normalized spacial score (nSPS) is 18.9. The minimum Gasteiger partial charge on any atom is -0.354 e. The fraction of sp³-hybridized carbons (Fsp3) is 0.391. The van der Waals surface area contributed by atoms with Crippen molar-refractivity contribution in [3.8, 4) is 0 Å². The van der Waals surface area contributed by atoms with E-state index < -0.39 is 6.04 Å². The maximum atomic E-state index is 13.5. The molecule has 6 heteroatoms. The van der Waals surface area contributed by atoms with Crippen LogP contribution in [0.5, 0.6) is 0 Å². The van der Waals surface area contributed by atoms with Crippen LogP contribution in [0.3, 0.4) is 0 Å². The van der Waals surface area contributed by atoms with Crippen LogP contribution in [0.15, 0.2) is 48.5 Å². The fourth-order valence-electron chi connectivity index (χ4n) is 3.39. The molecule has 2 atom stereocenters. The number of benzene rings is 2. The number of rotatable bonds is 6. The second-order valence-corrected chi connectivity index (χ2v) is 8.87. The Hall–Kier alpha value is -2.34.